The van der Waals surface area contributed by atoms with Gasteiger partial charge in [0.15, 0.2) is 0 Å². The van der Waals surface area contributed by atoms with Gasteiger partial charge in [-0.3, -0.25) is 0 Å². The second kappa shape index (κ2) is 3.52. The fraction of sp³-hybridized carbons (Fsp3) is 1.00. The number of rotatable bonds is 1. The van der Waals surface area contributed by atoms with Crippen LogP contribution < -0.4 is 24.0 Å². The number of hydrogen-bond donors (Lipinski definition) is 4. The number of hydroxylamine groups is 3. The molecule has 0 heterocycles. The topological polar surface area (TPSA) is 80.9 Å². The monoisotopic (exact) mass is 223 g/mol. The van der Waals surface area contributed by atoms with E-state index in [-0.39, 0.29) is 24.0 Å². The molecule has 0 unspecified atom stereocenters. The Morgan fingerprint density at radius 3 is 1.29 bits per heavy atom. The van der Waals surface area contributed by atoms with Crippen LogP contribution >= 0.6 is 0 Å². The van der Waals surface area contributed by atoms with Crippen molar-refractivity contribution in [3.05, 3.63) is 0 Å². The summed E-state index contributed by atoms with van der Waals surface area (Å²) >= 11 is 0. The largest absolute Gasteiger partial charge is 1.00 e. The zero-order chi connectivity index (χ0) is 5.21. The number of halogens is 1. The van der Waals surface area contributed by atoms with E-state index in [0.717, 1.165) is 0 Å². The number of quaternary nitrogens is 1. The Bertz CT molecular complexity index is 41.4. The number of aliphatic hydroxyl groups is 1. The van der Waals surface area contributed by atoms with E-state index in [0.29, 0.717) is 0 Å². The summed E-state index contributed by atoms with van der Waals surface area (Å²) in [5.41, 5.74) is 0. The highest BCUT2D eigenvalue weighted by Gasteiger charge is 2.13. The van der Waals surface area contributed by atoms with Gasteiger partial charge in [0.2, 0.25) is 0 Å². The third-order valence-electron chi connectivity index (χ3n) is 0.190. The molecule has 0 saturated carbocycles. The Morgan fingerprint density at radius 2 is 1.29 bits per heavy atom. The van der Waals surface area contributed by atoms with E-state index >= 15 is 0 Å². The van der Waals surface area contributed by atoms with Crippen molar-refractivity contribution in [1.29, 1.82) is 0 Å². The van der Waals surface area contributed by atoms with Crippen LogP contribution in [-0.4, -0.2) is 32.4 Å². The standard InChI is InChI=1S/CH6NO4.HI/c3-1-2(4,5)6;/h3-6H,1H2;1H/q+1;/p-1. The molecule has 0 bridgehead atoms. The maximum absolute atomic E-state index is 7.62. The highest BCUT2D eigenvalue weighted by Crippen LogP contribution is 1.78. The van der Waals surface area contributed by atoms with Crippen molar-refractivity contribution in [3.63, 3.8) is 0 Å². The van der Waals surface area contributed by atoms with Gasteiger partial charge < -0.3 is 29.1 Å². The highest BCUT2D eigenvalue weighted by atomic mass is 127. The van der Waals surface area contributed by atoms with Crippen molar-refractivity contribution in [2.45, 2.75) is 0 Å². The Labute approximate surface area is 56.9 Å². The second-order valence-electron chi connectivity index (χ2n) is 0.834. The summed E-state index contributed by atoms with van der Waals surface area (Å²) in [6.45, 7) is -1.12. The molecule has 7 heavy (non-hydrogen) atoms. The lowest BCUT2D eigenvalue weighted by molar-refractivity contribution is -1.37. The molecule has 0 spiro atoms. The Morgan fingerprint density at radius 1 is 1.14 bits per heavy atom. The maximum atomic E-state index is 7.62. The van der Waals surface area contributed by atoms with Crippen molar-refractivity contribution in [2.75, 3.05) is 6.73 Å². The second-order valence-corrected chi connectivity index (χ2v) is 0.834. The van der Waals surface area contributed by atoms with Crippen LogP contribution in [0.2, 0.25) is 0 Å². The lowest BCUT2D eigenvalue weighted by atomic mass is 11.3. The van der Waals surface area contributed by atoms with Gasteiger partial charge in [0.1, 0.15) is 4.97 Å². The van der Waals surface area contributed by atoms with Gasteiger partial charge in [0.05, 0.1) is 0 Å². The smallest absolute Gasteiger partial charge is 0.277 e. The van der Waals surface area contributed by atoms with Gasteiger partial charge in [-0.2, -0.15) is 0 Å². The van der Waals surface area contributed by atoms with E-state index in [1.807, 2.05) is 0 Å². The Hall–Kier alpha value is 0.530. The van der Waals surface area contributed by atoms with Crippen LogP contribution in [0.4, 0.5) is 0 Å². The SMILES string of the molecule is OC[N+](O)(O)O.[I-]. The third kappa shape index (κ3) is 10.8. The first-order valence-corrected chi connectivity index (χ1v) is 1.23. The molecular weight excluding hydrogens is 217 g/mol. The Kier molecular flexibility index (Phi) is 5.28. The van der Waals surface area contributed by atoms with Crippen molar-refractivity contribution < 1.29 is 49.7 Å². The summed E-state index contributed by atoms with van der Waals surface area (Å²) < 4.78 is 0. The number of hydrogen-bond acceptors (Lipinski definition) is 4. The van der Waals surface area contributed by atoms with E-state index in [1.54, 1.807) is 0 Å². The molecular formula is CH6INO4. The predicted octanol–water partition coefficient (Wildman–Crippen LogP) is -4.08. The van der Waals surface area contributed by atoms with Gasteiger partial charge in [-0.05, 0) is 0 Å². The van der Waals surface area contributed by atoms with E-state index in [2.05, 4.69) is 0 Å². The molecule has 6 heteroatoms. The van der Waals surface area contributed by atoms with Crippen LogP contribution in [-0.2, 0) is 0 Å². The summed E-state index contributed by atoms with van der Waals surface area (Å²) in [4.78, 5) is -2.38. The lowest BCUT2D eigenvalue weighted by Gasteiger charge is -2.04. The molecule has 0 aliphatic carbocycles. The van der Waals surface area contributed by atoms with Gasteiger partial charge in [-0.1, -0.05) is 0 Å². The molecule has 5 nitrogen and oxygen atoms in total. The third-order valence-corrected chi connectivity index (χ3v) is 0.190. The quantitative estimate of drug-likeness (QED) is 0.158. The van der Waals surface area contributed by atoms with Gasteiger partial charge in [-0.25, -0.2) is 0 Å². The first-order chi connectivity index (χ1) is 2.56. The molecule has 0 atom stereocenters. The molecule has 0 aromatic rings. The molecule has 0 saturated heterocycles. The van der Waals surface area contributed by atoms with Crippen molar-refractivity contribution in [2.24, 2.45) is 0 Å². The summed E-state index contributed by atoms with van der Waals surface area (Å²) in [6.07, 6.45) is 0. The van der Waals surface area contributed by atoms with Gasteiger partial charge in [0.25, 0.3) is 6.73 Å². The minimum atomic E-state index is -2.38. The molecule has 4 N–H and O–H groups in total. The van der Waals surface area contributed by atoms with Gasteiger partial charge in [0, 0.05) is 0 Å². The van der Waals surface area contributed by atoms with Crippen molar-refractivity contribution in [1.82, 2.24) is 0 Å². The van der Waals surface area contributed by atoms with Crippen molar-refractivity contribution >= 4 is 0 Å². The molecule has 0 radical (unpaired) electrons. The Balaban J connectivity index is 0. The van der Waals surface area contributed by atoms with Crippen LogP contribution in [0, 0.1) is 0 Å². The fourth-order valence-corrected chi connectivity index (χ4v) is 0. The van der Waals surface area contributed by atoms with E-state index in [9.17, 15) is 0 Å². The molecule has 46 valence electrons. The molecule has 0 amide bonds. The van der Waals surface area contributed by atoms with Crippen LogP contribution in [0.1, 0.15) is 0 Å². The van der Waals surface area contributed by atoms with Crippen LogP contribution in [0.3, 0.4) is 0 Å². The predicted molar refractivity (Wildman–Crippen MR) is 12.7 cm³/mol. The minimum absolute atomic E-state index is 0. The van der Waals surface area contributed by atoms with Crippen LogP contribution in [0.25, 0.3) is 0 Å². The van der Waals surface area contributed by atoms with Crippen LogP contribution in [0.5, 0.6) is 0 Å². The number of nitrogens with zero attached hydrogens (tertiary/aromatic N) is 1. The van der Waals surface area contributed by atoms with Crippen LogP contribution in [0.15, 0.2) is 0 Å². The maximum Gasteiger partial charge on any atom is 0.277 e. The molecule has 0 aliphatic heterocycles. The molecule has 0 fully saturated rings. The zero-order valence-corrected chi connectivity index (χ0v) is 5.48. The summed E-state index contributed by atoms with van der Waals surface area (Å²) in [5.74, 6) is 0. The summed E-state index contributed by atoms with van der Waals surface area (Å²) in [7, 11) is 0. The van der Waals surface area contributed by atoms with Gasteiger partial charge in [-0.15, -0.1) is 15.6 Å². The number of aliphatic hydroxyl groups excluding tert-OH is 1. The lowest BCUT2D eigenvalue weighted by Crippen LogP contribution is -3.00. The van der Waals surface area contributed by atoms with E-state index in [1.165, 1.54) is 0 Å². The van der Waals surface area contributed by atoms with E-state index < -0.39 is 11.7 Å². The fourth-order valence-electron chi connectivity index (χ4n) is 0. The zero-order valence-electron chi connectivity index (χ0n) is 3.32. The molecule has 0 rings (SSSR count). The average molecular weight is 223 g/mol. The van der Waals surface area contributed by atoms with Crippen molar-refractivity contribution in [3.8, 4) is 0 Å². The molecule has 0 aromatic heterocycles. The summed E-state index contributed by atoms with van der Waals surface area (Å²) in [6, 6.07) is 0. The highest BCUT2D eigenvalue weighted by molar-refractivity contribution is 3.57. The normalized spacial score (nSPS) is 10.3. The average Bonchev–Trinajstić information content (AvgIpc) is 1.35. The molecule has 0 aliphatic rings. The first kappa shape index (κ1) is 10.5. The molecule has 0 aromatic carbocycles. The van der Waals surface area contributed by atoms with E-state index in [4.69, 9.17) is 20.7 Å². The summed E-state index contributed by atoms with van der Waals surface area (Å²) in [5, 5.41) is 30.5. The first-order valence-electron chi connectivity index (χ1n) is 1.23. The van der Waals surface area contributed by atoms with Gasteiger partial charge >= 0.3 is 0 Å². The minimum Gasteiger partial charge on any atom is -1.00 e.